The van der Waals surface area contributed by atoms with Crippen molar-refractivity contribution in [3.63, 3.8) is 0 Å². The maximum Gasteiger partial charge on any atom is 0.417 e. The van der Waals surface area contributed by atoms with E-state index in [0.29, 0.717) is 19.6 Å². The number of anilines is 1. The molecule has 31 heavy (non-hydrogen) atoms. The van der Waals surface area contributed by atoms with Crippen LogP contribution in [0, 0.1) is 0 Å². The number of alkyl halides is 3. The second-order valence-electron chi connectivity index (χ2n) is 7.92. The normalized spacial score (nSPS) is 17.9. The van der Waals surface area contributed by atoms with Gasteiger partial charge in [0.1, 0.15) is 5.82 Å². The van der Waals surface area contributed by atoms with Crippen LogP contribution in [-0.4, -0.2) is 67.0 Å². The molecule has 3 heterocycles. The van der Waals surface area contributed by atoms with E-state index >= 15 is 0 Å². The van der Waals surface area contributed by atoms with Gasteiger partial charge in [-0.3, -0.25) is 14.5 Å². The van der Waals surface area contributed by atoms with E-state index in [0.717, 1.165) is 17.4 Å². The average molecular weight is 458 g/mol. The number of piperazine rings is 1. The molecule has 0 unspecified atom stereocenters. The molecule has 2 amide bonds. The van der Waals surface area contributed by atoms with Crippen LogP contribution in [0.15, 0.2) is 11.4 Å². The van der Waals surface area contributed by atoms with Gasteiger partial charge >= 0.3 is 6.18 Å². The van der Waals surface area contributed by atoms with Crippen LogP contribution in [-0.2, 0) is 11.0 Å². The van der Waals surface area contributed by atoms with Gasteiger partial charge in [-0.1, -0.05) is 0 Å². The molecule has 1 aliphatic heterocycles. The van der Waals surface area contributed by atoms with Crippen molar-refractivity contribution in [1.82, 2.24) is 20.5 Å². The molecular weight excluding hydrogens is 431 g/mol. The molecule has 170 valence electrons. The number of nitrogens with one attached hydrogen (secondary N) is 2. The zero-order chi connectivity index (χ0) is 22.9. The quantitative estimate of drug-likeness (QED) is 0.722. The molecule has 0 aliphatic carbocycles. The SMILES string of the molecule is CNC(=O)c1csc2c(C(F)(F)F)cc(N3CCN(CC(=O)NC(C)C)[C@H](C)C3)nc12. The van der Waals surface area contributed by atoms with E-state index in [1.54, 1.807) is 4.90 Å². The minimum Gasteiger partial charge on any atom is -0.355 e. The Hall–Kier alpha value is -2.40. The number of carbonyl (C=O) groups excluding carboxylic acids is 2. The van der Waals surface area contributed by atoms with Crippen LogP contribution >= 0.6 is 11.3 Å². The first-order valence-corrected chi connectivity index (χ1v) is 10.9. The van der Waals surface area contributed by atoms with Crippen molar-refractivity contribution in [3.8, 4) is 0 Å². The average Bonchev–Trinajstić information content (AvgIpc) is 3.10. The molecule has 0 aromatic carbocycles. The number of rotatable bonds is 5. The topological polar surface area (TPSA) is 77.6 Å². The summed E-state index contributed by atoms with van der Waals surface area (Å²) in [6, 6.07) is 1.04. The first-order valence-electron chi connectivity index (χ1n) is 10.0. The van der Waals surface area contributed by atoms with Crippen LogP contribution in [0.1, 0.15) is 36.7 Å². The molecule has 0 bridgehead atoms. The summed E-state index contributed by atoms with van der Waals surface area (Å²) in [5, 5.41) is 6.70. The Morgan fingerprint density at radius 1 is 1.32 bits per heavy atom. The number of pyridine rings is 1. The van der Waals surface area contributed by atoms with E-state index < -0.39 is 17.6 Å². The van der Waals surface area contributed by atoms with Gasteiger partial charge in [-0.2, -0.15) is 13.2 Å². The van der Waals surface area contributed by atoms with Crippen LogP contribution in [0.25, 0.3) is 10.2 Å². The predicted octanol–water partition coefficient (Wildman–Crippen LogP) is 2.71. The number of fused-ring (bicyclic) bond motifs is 1. The predicted molar refractivity (Wildman–Crippen MR) is 115 cm³/mol. The number of halogens is 3. The lowest BCUT2D eigenvalue weighted by Crippen LogP contribution is -2.55. The molecule has 2 aromatic rings. The number of thiophene rings is 1. The fraction of sp³-hybridized carbons (Fsp3) is 0.550. The van der Waals surface area contributed by atoms with Gasteiger partial charge in [-0.15, -0.1) is 11.3 Å². The standard InChI is InChI=1S/C20H26F3N5O2S/c1-11(2)25-16(29)9-27-5-6-28(8-12(27)3)15-7-14(20(21,22)23)18-17(26-15)13(10-31-18)19(30)24-4/h7,10-12H,5-6,8-9H2,1-4H3,(H,24,30)(H,25,29)/t12-/m1/s1. The van der Waals surface area contributed by atoms with Gasteiger partial charge in [0.05, 0.1) is 27.9 Å². The van der Waals surface area contributed by atoms with Gasteiger partial charge in [0.15, 0.2) is 0 Å². The van der Waals surface area contributed by atoms with Crippen molar-refractivity contribution in [2.75, 3.05) is 38.1 Å². The summed E-state index contributed by atoms with van der Waals surface area (Å²) in [6.07, 6.45) is -4.57. The van der Waals surface area contributed by atoms with Crippen LogP contribution in [0.5, 0.6) is 0 Å². The highest BCUT2D eigenvalue weighted by Crippen LogP contribution is 2.40. The smallest absolute Gasteiger partial charge is 0.355 e. The molecule has 2 N–H and O–H groups in total. The minimum atomic E-state index is -4.57. The highest BCUT2D eigenvalue weighted by atomic mass is 32.1. The van der Waals surface area contributed by atoms with Crippen molar-refractivity contribution in [2.24, 2.45) is 0 Å². The van der Waals surface area contributed by atoms with Gasteiger partial charge in [0, 0.05) is 44.1 Å². The van der Waals surface area contributed by atoms with Crippen molar-refractivity contribution < 1.29 is 22.8 Å². The van der Waals surface area contributed by atoms with Gasteiger partial charge < -0.3 is 15.5 Å². The number of carbonyl (C=O) groups is 2. The molecule has 2 aromatic heterocycles. The number of nitrogens with zero attached hydrogens (tertiary/aromatic N) is 3. The Morgan fingerprint density at radius 3 is 2.61 bits per heavy atom. The Balaban J connectivity index is 1.89. The zero-order valence-electron chi connectivity index (χ0n) is 17.8. The number of aromatic nitrogens is 1. The molecule has 1 aliphatic rings. The molecule has 0 saturated carbocycles. The minimum absolute atomic E-state index is 0.0425. The van der Waals surface area contributed by atoms with E-state index in [2.05, 4.69) is 15.6 Å². The van der Waals surface area contributed by atoms with E-state index in [1.807, 2.05) is 25.7 Å². The van der Waals surface area contributed by atoms with Crippen molar-refractivity contribution in [1.29, 1.82) is 0 Å². The van der Waals surface area contributed by atoms with E-state index in [9.17, 15) is 22.8 Å². The van der Waals surface area contributed by atoms with Gasteiger partial charge in [0.2, 0.25) is 5.91 Å². The second kappa shape index (κ2) is 8.99. The lowest BCUT2D eigenvalue weighted by atomic mass is 10.1. The molecule has 1 saturated heterocycles. The molecule has 0 spiro atoms. The van der Waals surface area contributed by atoms with Crippen molar-refractivity contribution >= 4 is 39.2 Å². The molecule has 1 fully saturated rings. The third kappa shape index (κ3) is 5.09. The number of hydrogen-bond acceptors (Lipinski definition) is 6. The fourth-order valence-corrected chi connectivity index (χ4v) is 4.68. The number of hydrogen-bond donors (Lipinski definition) is 2. The van der Waals surface area contributed by atoms with Crippen LogP contribution in [0.2, 0.25) is 0 Å². The van der Waals surface area contributed by atoms with Crippen molar-refractivity contribution in [2.45, 2.75) is 39.0 Å². The second-order valence-corrected chi connectivity index (χ2v) is 8.80. The van der Waals surface area contributed by atoms with Gasteiger partial charge in [-0.25, -0.2) is 4.98 Å². The zero-order valence-corrected chi connectivity index (χ0v) is 18.7. The fourth-order valence-electron chi connectivity index (χ4n) is 3.65. The number of amides is 2. The summed E-state index contributed by atoms with van der Waals surface area (Å²) >= 11 is 0.864. The van der Waals surface area contributed by atoms with E-state index in [4.69, 9.17) is 0 Å². The summed E-state index contributed by atoms with van der Waals surface area (Å²) in [7, 11) is 1.43. The van der Waals surface area contributed by atoms with E-state index in [1.165, 1.54) is 12.4 Å². The Kier molecular flexibility index (Phi) is 6.75. The van der Waals surface area contributed by atoms with Crippen molar-refractivity contribution in [3.05, 3.63) is 22.6 Å². The molecular formula is C20H26F3N5O2S. The molecule has 11 heteroatoms. The summed E-state index contributed by atoms with van der Waals surface area (Å²) in [6.45, 7) is 7.30. The summed E-state index contributed by atoms with van der Waals surface area (Å²) < 4.78 is 41.2. The van der Waals surface area contributed by atoms with Crippen LogP contribution in [0.4, 0.5) is 19.0 Å². The summed E-state index contributed by atoms with van der Waals surface area (Å²) in [5.41, 5.74) is -0.605. The molecule has 3 rings (SSSR count). The third-order valence-electron chi connectivity index (χ3n) is 5.17. The monoisotopic (exact) mass is 457 g/mol. The Labute approximate surface area is 182 Å². The molecule has 7 nitrogen and oxygen atoms in total. The molecule has 0 radical (unpaired) electrons. The maximum absolute atomic E-state index is 13.8. The van der Waals surface area contributed by atoms with Gasteiger partial charge in [0.25, 0.3) is 5.91 Å². The largest absolute Gasteiger partial charge is 0.417 e. The third-order valence-corrected chi connectivity index (χ3v) is 6.17. The maximum atomic E-state index is 13.8. The lowest BCUT2D eigenvalue weighted by Gasteiger charge is -2.40. The van der Waals surface area contributed by atoms with Gasteiger partial charge in [-0.05, 0) is 26.8 Å². The van der Waals surface area contributed by atoms with Crippen LogP contribution in [0.3, 0.4) is 0 Å². The first kappa shape index (κ1) is 23.3. The Bertz CT molecular complexity index is 976. The first-order chi connectivity index (χ1) is 14.5. The van der Waals surface area contributed by atoms with E-state index in [-0.39, 0.29) is 46.1 Å². The van der Waals surface area contributed by atoms with Crippen LogP contribution < -0.4 is 15.5 Å². The Morgan fingerprint density at radius 2 is 2.03 bits per heavy atom. The summed E-state index contributed by atoms with van der Waals surface area (Å²) in [4.78, 5) is 32.4. The highest BCUT2D eigenvalue weighted by Gasteiger charge is 2.36. The summed E-state index contributed by atoms with van der Waals surface area (Å²) in [5.74, 6) is -0.373. The highest BCUT2D eigenvalue weighted by molar-refractivity contribution is 7.17. The molecule has 1 atom stereocenters. The lowest BCUT2D eigenvalue weighted by molar-refractivity contribution is -0.136.